The fraction of sp³-hybridized carbons (Fsp3) is 0.387. The number of aromatic nitrogens is 1. The van der Waals surface area contributed by atoms with E-state index < -0.39 is 0 Å². The molecule has 2 unspecified atom stereocenters. The van der Waals surface area contributed by atoms with Gasteiger partial charge in [-0.25, -0.2) is 4.39 Å². The summed E-state index contributed by atoms with van der Waals surface area (Å²) < 4.78 is 19.2. The zero-order valence-electron chi connectivity index (χ0n) is 22.3. The predicted octanol–water partition coefficient (Wildman–Crippen LogP) is 4.81. The third-order valence-electron chi connectivity index (χ3n) is 7.76. The maximum Gasteiger partial charge on any atom is 0.226 e. The molecule has 204 valence electrons. The van der Waals surface area contributed by atoms with Crippen molar-refractivity contribution in [3.8, 4) is 5.75 Å². The number of carbonyl (C=O) groups excluding carboxylic acids is 2. The van der Waals surface area contributed by atoms with Crippen LogP contribution >= 0.6 is 0 Å². The van der Waals surface area contributed by atoms with Gasteiger partial charge in [-0.15, -0.1) is 0 Å². The van der Waals surface area contributed by atoms with Crippen molar-refractivity contribution in [2.75, 3.05) is 24.6 Å². The number of halogens is 1. The van der Waals surface area contributed by atoms with Gasteiger partial charge in [0.1, 0.15) is 11.6 Å². The van der Waals surface area contributed by atoms with Crippen molar-refractivity contribution in [1.82, 2.24) is 14.8 Å². The molecular weight excluding hydrogens is 495 g/mol. The minimum Gasteiger partial charge on any atom is -0.493 e. The predicted molar refractivity (Wildman–Crippen MR) is 148 cm³/mol. The van der Waals surface area contributed by atoms with Gasteiger partial charge in [-0.1, -0.05) is 24.3 Å². The lowest BCUT2D eigenvalue weighted by atomic mass is 10.1. The molecule has 1 aromatic heterocycles. The van der Waals surface area contributed by atoms with E-state index in [2.05, 4.69) is 9.88 Å². The van der Waals surface area contributed by atoms with Crippen LogP contribution in [0, 0.1) is 5.82 Å². The fourth-order valence-electron chi connectivity index (χ4n) is 5.80. The van der Waals surface area contributed by atoms with Crippen LogP contribution in [0.3, 0.4) is 0 Å². The number of rotatable bonds is 6. The second kappa shape index (κ2) is 12.4. The molecule has 2 aliphatic rings. The van der Waals surface area contributed by atoms with E-state index in [1.54, 1.807) is 19.1 Å². The van der Waals surface area contributed by atoms with Gasteiger partial charge in [-0.2, -0.15) is 0 Å². The van der Waals surface area contributed by atoms with Crippen molar-refractivity contribution in [3.05, 3.63) is 90.0 Å². The van der Waals surface area contributed by atoms with Crippen molar-refractivity contribution in [3.63, 3.8) is 0 Å². The molecule has 3 heterocycles. The summed E-state index contributed by atoms with van der Waals surface area (Å²) in [5.41, 5.74) is 2.99. The Labute approximate surface area is 229 Å². The number of anilines is 1. The van der Waals surface area contributed by atoms with Crippen molar-refractivity contribution < 1.29 is 18.7 Å². The second-order valence-electron chi connectivity index (χ2n) is 10.3. The van der Waals surface area contributed by atoms with E-state index in [1.165, 1.54) is 17.7 Å². The van der Waals surface area contributed by atoms with Crippen molar-refractivity contribution >= 4 is 17.5 Å². The summed E-state index contributed by atoms with van der Waals surface area (Å²) in [4.78, 5) is 36.8. The molecule has 0 saturated carbocycles. The van der Waals surface area contributed by atoms with Crippen molar-refractivity contribution in [1.29, 1.82) is 0 Å². The van der Waals surface area contributed by atoms with E-state index in [4.69, 9.17) is 4.74 Å². The Hall–Kier alpha value is -3.78. The first-order valence-corrected chi connectivity index (χ1v) is 13.6. The number of fused-ring (bicyclic) bond motifs is 3. The lowest BCUT2D eigenvalue weighted by molar-refractivity contribution is -0.133. The summed E-state index contributed by atoms with van der Waals surface area (Å²) >= 11 is 0. The lowest BCUT2D eigenvalue weighted by Gasteiger charge is -2.34. The Bertz CT molecular complexity index is 1290. The molecule has 2 aromatic carbocycles. The topological polar surface area (TPSA) is 66.0 Å². The Balaban J connectivity index is 1.40. The van der Waals surface area contributed by atoms with E-state index in [0.717, 1.165) is 37.1 Å². The molecule has 0 N–H and O–H groups in total. The Kier molecular flexibility index (Phi) is 8.51. The summed E-state index contributed by atoms with van der Waals surface area (Å²) in [6, 6.07) is 18.4. The molecule has 8 heteroatoms. The highest BCUT2D eigenvalue weighted by atomic mass is 19.1. The number of hydrogen-bond donors (Lipinski definition) is 0. The van der Waals surface area contributed by atoms with Gasteiger partial charge in [0.05, 0.1) is 13.0 Å². The largest absolute Gasteiger partial charge is 0.493 e. The summed E-state index contributed by atoms with van der Waals surface area (Å²) in [6.07, 6.45) is 6.67. The van der Waals surface area contributed by atoms with Gasteiger partial charge in [-0.3, -0.25) is 19.5 Å². The van der Waals surface area contributed by atoms with Crippen LogP contribution in [0.15, 0.2) is 73.1 Å². The van der Waals surface area contributed by atoms with E-state index in [1.807, 2.05) is 58.6 Å². The van der Waals surface area contributed by atoms with Crippen LogP contribution in [0.5, 0.6) is 5.75 Å². The zero-order valence-corrected chi connectivity index (χ0v) is 22.3. The average Bonchev–Trinajstić information content (AvgIpc) is 3.28. The number of para-hydroxylation sites is 1. The highest BCUT2D eigenvalue weighted by Crippen LogP contribution is 2.32. The molecule has 0 spiro atoms. The van der Waals surface area contributed by atoms with Gasteiger partial charge in [-0.05, 0) is 60.7 Å². The maximum absolute atomic E-state index is 13.6. The molecule has 2 aliphatic heterocycles. The molecule has 2 bridgehead atoms. The lowest BCUT2D eigenvalue weighted by Crippen LogP contribution is -2.45. The smallest absolute Gasteiger partial charge is 0.226 e. The fourth-order valence-corrected chi connectivity index (χ4v) is 5.80. The van der Waals surface area contributed by atoms with E-state index in [-0.39, 0.29) is 36.7 Å². The van der Waals surface area contributed by atoms with Crippen LogP contribution < -0.4 is 9.64 Å². The minimum absolute atomic E-state index is 0.00158. The van der Waals surface area contributed by atoms with Crippen molar-refractivity contribution in [2.45, 2.75) is 57.8 Å². The molecule has 3 aromatic rings. The second-order valence-corrected chi connectivity index (χ2v) is 10.3. The SMILES string of the molecule is CC(=O)N1CCC2CCC(CN(C(=O)CCOc3cccc(F)c3)Cc3ccccc31)N2Cc1ccncc1. The van der Waals surface area contributed by atoms with E-state index in [0.29, 0.717) is 31.4 Å². The first kappa shape index (κ1) is 26.8. The monoisotopic (exact) mass is 530 g/mol. The number of carbonyl (C=O) groups is 2. The number of ether oxygens (including phenoxy) is 1. The number of hydrogen-bond acceptors (Lipinski definition) is 5. The number of amides is 2. The molecule has 1 fully saturated rings. The number of nitrogens with zero attached hydrogens (tertiary/aromatic N) is 4. The van der Waals surface area contributed by atoms with Crippen LogP contribution in [0.4, 0.5) is 10.1 Å². The van der Waals surface area contributed by atoms with E-state index >= 15 is 0 Å². The molecule has 0 radical (unpaired) electrons. The first-order valence-electron chi connectivity index (χ1n) is 13.6. The highest BCUT2D eigenvalue weighted by Gasteiger charge is 2.36. The first-order chi connectivity index (χ1) is 19.0. The van der Waals surface area contributed by atoms with Crippen LogP contribution in [0.1, 0.15) is 43.7 Å². The van der Waals surface area contributed by atoms with Gasteiger partial charge in [0.15, 0.2) is 0 Å². The molecule has 7 nitrogen and oxygen atoms in total. The average molecular weight is 531 g/mol. The molecule has 5 rings (SSSR count). The van der Waals surface area contributed by atoms with Gasteiger partial charge in [0.2, 0.25) is 11.8 Å². The summed E-state index contributed by atoms with van der Waals surface area (Å²) in [6.45, 7) is 4.17. The molecule has 1 saturated heterocycles. The normalized spacial score (nSPS) is 19.7. The van der Waals surface area contributed by atoms with Gasteiger partial charge in [0, 0.05) is 69.3 Å². The van der Waals surface area contributed by atoms with Crippen LogP contribution in [0.25, 0.3) is 0 Å². The highest BCUT2D eigenvalue weighted by molar-refractivity contribution is 5.92. The Morgan fingerprint density at radius 1 is 1.00 bits per heavy atom. The molecule has 0 aliphatic carbocycles. The van der Waals surface area contributed by atoms with Gasteiger partial charge < -0.3 is 14.5 Å². The zero-order chi connectivity index (χ0) is 27.2. The molecule has 2 amide bonds. The molecular formula is C31H35FN4O3. The van der Waals surface area contributed by atoms with Gasteiger partial charge in [0.25, 0.3) is 0 Å². The van der Waals surface area contributed by atoms with E-state index in [9.17, 15) is 14.0 Å². The number of pyridine rings is 1. The Morgan fingerprint density at radius 3 is 2.59 bits per heavy atom. The Morgan fingerprint density at radius 2 is 1.79 bits per heavy atom. The quantitative estimate of drug-likeness (QED) is 0.458. The van der Waals surface area contributed by atoms with Crippen LogP contribution in [-0.2, 0) is 22.7 Å². The third kappa shape index (κ3) is 6.63. The number of benzene rings is 2. The molecule has 39 heavy (non-hydrogen) atoms. The maximum atomic E-state index is 13.6. The summed E-state index contributed by atoms with van der Waals surface area (Å²) in [5, 5.41) is 0. The molecule has 2 atom stereocenters. The minimum atomic E-state index is -0.373. The van der Waals surface area contributed by atoms with Crippen LogP contribution in [0.2, 0.25) is 0 Å². The van der Waals surface area contributed by atoms with Crippen molar-refractivity contribution in [2.24, 2.45) is 0 Å². The van der Waals surface area contributed by atoms with Crippen LogP contribution in [-0.4, -0.2) is 58.4 Å². The summed E-state index contributed by atoms with van der Waals surface area (Å²) in [5.74, 6) is 0.00738. The van der Waals surface area contributed by atoms with Gasteiger partial charge >= 0.3 is 0 Å². The third-order valence-corrected chi connectivity index (χ3v) is 7.76. The standard InChI is InChI=1S/C31H35FN4O3/c1-23(37)35-17-13-27-9-10-28(36(27)20-24-11-15-33-16-12-24)22-34(21-25-5-2-3-8-30(25)35)31(38)14-18-39-29-7-4-6-26(32)19-29/h2-8,11-12,15-16,19,27-28H,9-10,13-14,17-18,20-22H2,1H3. The summed E-state index contributed by atoms with van der Waals surface area (Å²) in [7, 11) is 0.